The van der Waals surface area contributed by atoms with E-state index in [-0.39, 0.29) is 28.0 Å². The van der Waals surface area contributed by atoms with Crippen molar-refractivity contribution >= 4 is 59.4 Å². The smallest absolute Gasteiger partial charge is 0.267 e. The zero-order valence-corrected chi connectivity index (χ0v) is 86.4. The number of Topliss-reactive ketones (excluding diaryl/α,β-unsaturated/α-hetero) is 2. The van der Waals surface area contributed by atoms with E-state index in [9.17, 15) is 29.1 Å². The number of nitrogens with one attached hydrogen (secondary N) is 1. The number of halogens is 1. The van der Waals surface area contributed by atoms with Crippen LogP contribution in [0.4, 0.5) is 0 Å². The highest BCUT2D eigenvalue weighted by atomic mass is 127. The summed E-state index contributed by atoms with van der Waals surface area (Å²) in [6.07, 6.45) is 7.17. The van der Waals surface area contributed by atoms with Gasteiger partial charge in [0.05, 0.1) is 17.1 Å². The average Bonchev–Trinajstić information content (AvgIpc) is 0.731. The summed E-state index contributed by atoms with van der Waals surface area (Å²) in [4.78, 5) is 99.4. The van der Waals surface area contributed by atoms with Crippen LogP contribution in [0.1, 0.15) is 238 Å². The lowest BCUT2D eigenvalue weighted by Gasteiger charge is -2.37. The molecule has 0 spiro atoms. The Hall–Kier alpha value is -13.4. The molecule has 702 valence electrons. The molecule has 15 aromatic rings. The van der Waals surface area contributed by atoms with Crippen molar-refractivity contribution in [2.75, 3.05) is 0 Å². The largest absolute Gasteiger partial charge is 0.545 e. The molecule has 0 aliphatic heterocycles. The molecule has 3 N–H and O–H groups in total. The molecular formula is C115H134IN12O6Si-. The first-order valence-electron chi connectivity index (χ1n) is 45.7. The number of nitrogens with two attached hydrogens (primary N) is 1. The Morgan fingerprint density at radius 1 is 0.407 bits per heavy atom. The topological polar surface area (TPSA) is 279 Å². The molecule has 20 heteroatoms. The molecule has 11 heterocycles. The van der Waals surface area contributed by atoms with Gasteiger partial charge in [-0.15, -0.1) is 0 Å². The minimum Gasteiger partial charge on any atom is -0.545 e. The van der Waals surface area contributed by atoms with Crippen LogP contribution in [-0.2, 0) is 31.1 Å². The second kappa shape index (κ2) is 55.9. The third-order valence-corrected chi connectivity index (χ3v) is 24.0. The highest BCUT2D eigenvalue weighted by molar-refractivity contribution is 14.1. The van der Waals surface area contributed by atoms with Crippen LogP contribution in [0.25, 0.3) is 11.3 Å². The Kier molecular flexibility index (Phi) is 45.7. The molecule has 1 aliphatic rings. The van der Waals surface area contributed by atoms with Crippen LogP contribution in [0.3, 0.4) is 0 Å². The Labute approximate surface area is 815 Å². The van der Waals surface area contributed by atoms with Gasteiger partial charge in [-0.3, -0.25) is 54.1 Å². The fourth-order valence-electron chi connectivity index (χ4n) is 14.3. The number of aryl methyl sites for hydroxylation is 16. The SMILES string of the molecule is CC(=O)c1cccc(C(C)=O)n1.CC(C)c1cccc(-c2ccccc2)n1.CCc1cccc(CC)n1.Cc1cc(=O)cc(C)[nH]1.Cc1cc(C(=O)[O-])cc(C)n1.Cc1cc(C(c2ccccc2)(c2ccccc2)c2ccccc2)cc(C)n1.Cc1ccc2c(n1)CCCC2.Cc1cccc(C(N)=O)n1.Cc1cccc(I)n1.Cc1cccc([Si](C)(C)C)n1.Cc1nc(C)c(C)c(C)c1C. The number of carboxylic acid groups (broad SMARTS) is 1. The highest BCUT2D eigenvalue weighted by Crippen LogP contribution is 2.45. The van der Waals surface area contributed by atoms with Crippen molar-refractivity contribution in [3.05, 3.63) is 451 Å². The van der Waals surface area contributed by atoms with E-state index in [0.717, 1.165) is 84.9 Å². The van der Waals surface area contributed by atoms with Gasteiger partial charge in [0.15, 0.2) is 17.0 Å². The quantitative estimate of drug-likeness (QED) is 0.0357. The second-order valence-electron chi connectivity index (χ2n) is 34.4. The molecule has 0 saturated heterocycles. The summed E-state index contributed by atoms with van der Waals surface area (Å²) >= 11 is 2.19. The Bertz CT molecular complexity index is 6110. The van der Waals surface area contributed by atoms with Gasteiger partial charge in [0.2, 0.25) is 0 Å². The number of nitrogens with zero attached hydrogens (tertiary/aromatic N) is 10. The molecule has 0 saturated carbocycles. The fraction of sp³-hybridized carbons (Fsp3) is 0.278. The number of fused-ring (bicyclic) bond motifs is 1. The van der Waals surface area contributed by atoms with Crippen LogP contribution in [0.5, 0.6) is 0 Å². The van der Waals surface area contributed by atoms with Gasteiger partial charge in [0.25, 0.3) is 5.91 Å². The second-order valence-corrected chi connectivity index (χ2v) is 40.5. The summed E-state index contributed by atoms with van der Waals surface area (Å²) in [5.41, 5.74) is 35.3. The Morgan fingerprint density at radius 3 is 1.24 bits per heavy atom. The van der Waals surface area contributed by atoms with Gasteiger partial charge in [0.1, 0.15) is 28.9 Å². The van der Waals surface area contributed by atoms with Crippen LogP contribution in [-0.4, -0.2) is 86.3 Å². The summed E-state index contributed by atoms with van der Waals surface area (Å²) in [6, 6.07) is 92.2. The molecule has 0 fully saturated rings. The molecule has 18 nitrogen and oxygen atoms in total. The molecule has 0 radical (unpaired) electrons. The van der Waals surface area contributed by atoms with E-state index in [1.165, 1.54) is 124 Å². The molecule has 0 unspecified atom stereocenters. The van der Waals surface area contributed by atoms with Crippen molar-refractivity contribution in [3.63, 3.8) is 0 Å². The average molecular weight is 1940 g/mol. The van der Waals surface area contributed by atoms with Gasteiger partial charge < -0.3 is 20.6 Å². The Balaban J connectivity index is 0.000000233. The van der Waals surface area contributed by atoms with Gasteiger partial charge in [-0.1, -0.05) is 211 Å². The monoisotopic (exact) mass is 1930 g/mol. The fourth-order valence-corrected chi connectivity index (χ4v) is 16.0. The zero-order valence-electron chi connectivity index (χ0n) is 83.3. The van der Waals surface area contributed by atoms with Crippen LogP contribution in [0, 0.1) is 108 Å². The van der Waals surface area contributed by atoms with Gasteiger partial charge in [0, 0.05) is 134 Å². The molecule has 4 aromatic carbocycles. The molecule has 11 aromatic heterocycles. The number of hydrogen-bond donors (Lipinski definition) is 2. The minimum atomic E-state index is -1.18. The predicted octanol–water partition coefficient (Wildman–Crippen LogP) is 24.0. The number of benzene rings is 4. The number of ketones is 2. The first kappa shape index (κ1) is 110. The van der Waals surface area contributed by atoms with Crippen molar-refractivity contribution in [2.45, 2.75) is 215 Å². The van der Waals surface area contributed by atoms with Crippen LogP contribution < -0.4 is 21.6 Å². The van der Waals surface area contributed by atoms with E-state index in [2.05, 4.69) is 356 Å². The Morgan fingerprint density at radius 2 is 0.830 bits per heavy atom. The first-order chi connectivity index (χ1) is 64.1. The summed E-state index contributed by atoms with van der Waals surface area (Å²) in [5.74, 6) is -1.41. The molecule has 0 atom stereocenters. The van der Waals surface area contributed by atoms with Crippen molar-refractivity contribution in [3.8, 4) is 11.3 Å². The number of aromatic nitrogens is 11. The number of primary amides is 1. The maximum absolute atomic E-state index is 10.8. The molecule has 135 heavy (non-hydrogen) atoms. The van der Waals surface area contributed by atoms with Crippen molar-refractivity contribution in [1.82, 2.24) is 54.8 Å². The zero-order chi connectivity index (χ0) is 99.5. The summed E-state index contributed by atoms with van der Waals surface area (Å²) in [5, 5.41) is 11.7. The standard InChI is InChI=1S/C26H23N.C14H15N.C10H13N.C10H15N.C9H9NO2.C9H15NSi.C9H13N.C8H9NO2.C7H8N2O.C7H9NO.C6H6IN/c1-20-18-25(19-21(2)27-20)26(22-12-6-3-7-13-22,23-14-8-4-9-15-23)24-16-10-5-11-17-24;1-11(2)13-9-6-10-14(15-13)12-7-4-3-5-8-12;1-8-6-7-9-4-2-3-5-10(9)11-8;1-6-7(2)9(4)11-10(5)8(6)3;1-6(11)8-4-3-5-9(10-8)7(2)12;1-8-6-5-7-9(10-8)11(2,3)4;1-3-8-6-5-7-9(4-2)10-8;1-5-3-7(8(10)11)4-6(2)9-5;1-5-3-2-4-6(9-5)7(8)10;1-5-3-7(9)4-6(2)8-5;1-5-3-2-4-6(7)8-5/h3-19H,1-2H3;3-11H,1-2H3;6-7H,2-5H2,1H3;1-5H3;3-5H,1-2H3;5-7H,1-4H3;5-7H,3-4H2,1-2H3;3-4H,1-2H3,(H,10,11);2-4H,1H3,(H2,8,10);3-4H,1-2H3,(H,8,9);2-4H,1H3/p-1. The number of aromatic carboxylic acids is 1. The van der Waals surface area contributed by atoms with Crippen LogP contribution >= 0.6 is 22.6 Å². The number of rotatable bonds is 13. The number of pyridine rings is 11. The lowest BCUT2D eigenvalue weighted by molar-refractivity contribution is -0.255. The van der Waals surface area contributed by atoms with Crippen LogP contribution in [0.2, 0.25) is 19.6 Å². The summed E-state index contributed by atoms with van der Waals surface area (Å²) < 4.78 is 1.06. The third-order valence-electron chi connectivity index (χ3n) is 21.6. The number of amides is 1. The van der Waals surface area contributed by atoms with Gasteiger partial charge in [-0.2, -0.15) is 0 Å². The summed E-state index contributed by atoms with van der Waals surface area (Å²) in [7, 11) is -1.18. The van der Waals surface area contributed by atoms with E-state index in [1.54, 1.807) is 56.3 Å². The summed E-state index contributed by atoms with van der Waals surface area (Å²) in [6.45, 7) is 48.2. The van der Waals surface area contributed by atoms with Crippen molar-refractivity contribution in [1.29, 1.82) is 0 Å². The van der Waals surface area contributed by atoms with Crippen molar-refractivity contribution in [2.24, 2.45) is 5.73 Å². The maximum Gasteiger partial charge on any atom is 0.267 e. The maximum atomic E-state index is 10.8. The third kappa shape index (κ3) is 37.5. The van der Waals surface area contributed by atoms with E-state index < -0.39 is 20.0 Å². The highest BCUT2D eigenvalue weighted by Gasteiger charge is 2.38. The molecule has 1 amide bonds. The number of hydrogen-bond acceptors (Lipinski definition) is 16. The predicted molar refractivity (Wildman–Crippen MR) is 562 cm³/mol. The van der Waals surface area contributed by atoms with Gasteiger partial charge in [-0.05, 0) is 319 Å². The van der Waals surface area contributed by atoms with Gasteiger partial charge in [-0.25, -0.2) is 15.0 Å². The molecule has 0 bridgehead atoms. The number of aromatic amines is 1. The number of carbonyl (C=O) groups is 4. The first-order valence-corrected chi connectivity index (χ1v) is 50.3. The van der Waals surface area contributed by atoms with Gasteiger partial charge >= 0.3 is 0 Å². The van der Waals surface area contributed by atoms with E-state index in [1.807, 2.05) is 83.1 Å². The van der Waals surface area contributed by atoms with E-state index in [0.29, 0.717) is 34.4 Å². The van der Waals surface area contributed by atoms with E-state index in [4.69, 9.17) is 5.73 Å². The molecule has 16 rings (SSSR count). The molecule has 1 aliphatic carbocycles. The van der Waals surface area contributed by atoms with E-state index >= 15 is 0 Å². The minimum absolute atomic E-state index is 0.0729. The normalized spacial score (nSPS) is 10.8. The number of H-pyrrole nitrogens is 1. The molecular weight excluding hydrogens is 1800 g/mol. The lowest BCUT2D eigenvalue weighted by Crippen LogP contribution is -2.40. The van der Waals surface area contributed by atoms with Crippen molar-refractivity contribution < 1.29 is 24.3 Å². The number of carbonyl (C=O) groups excluding carboxylic acids is 4. The number of carboxylic acids is 1. The van der Waals surface area contributed by atoms with Crippen LogP contribution in [0.15, 0.2) is 284 Å². The lowest BCUT2D eigenvalue weighted by atomic mass is 9.65.